The molecule has 3 nitrogen and oxygen atoms in total. The number of carbonyl (C=O) groups is 1. The fraction of sp³-hybridized carbons (Fsp3) is 0.278. The van der Waals surface area contributed by atoms with Gasteiger partial charge in [-0.25, -0.2) is 0 Å². The van der Waals surface area contributed by atoms with Crippen LogP contribution in [0.1, 0.15) is 17.5 Å². The first-order valence-electron chi connectivity index (χ1n) is 7.64. The zero-order valence-electron chi connectivity index (χ0n) is 12.9. The van der Waals surface area contributed by atoms with Crippen molar-refractivity contribution in [2.24, 2.45) is 5.73 Å². The number of hydrogen-bond donors (Lipinski definition) is 2. The van der Waals surface area contributed by atoms with Gasteiger partial charge in [-0.2, -0.15) is 13.2 Å². The van der Waals surface area contributed by atoms with Gasteiger partial charge in [0.25, 0.3) is 0 Å². The predicted molar refractivity (Wildman–Crippen MR) is 85.4 cm³/mol. The third-order valence-electron chi connectivity index (χ3n) is 4.42. The summed E-state index contributed by atoms with van der Waals surface area (Å²) in [6, 6.07) is 14.6. The molecule has 0 saturated carbocycles. The lowest BCUT2D eigenvalue weighted by molar-refractivity contribution is -0.141. The zero-order valence-corrected chi connectivity index (χ0v) is 12.9. The summed E-state index contributed by atoms with van der Waals surface area (Å²) in [4.78, 5) is 12.9. The molecular weight excluding hydrogens is 317 g/mol. The van der Waals surface area contributed by atoms with Gasteiger partial charge in [0.15, 0.2) is 0 Å². The van der Waals surface area contributed by atoms with Gasteiger partial charge in [0.1, 0.15) is 12.0 Å². The monoisotopic (exact) mass is 334 g/mol. The number of alkyl halides is 3. The van der Waals surface area contributed by atoms with Gasteiger partial charge in [-0.15, -0.1) is 0 Å². The summed E-state index contributed by atoms with van der Waals surface area (Å²) in [5, 5.41) is 2.05. The Morgan fingerprint density at radius 1 is 1.00 bits per heavy atom. The summed E-state index contributed by atoms with van der Waals surface area (Å²) >= 11 is 0. The Morgan fingerprint density at radius 2 is 1.50 bits per heavy atom. The van der Waals surface area contributed by atoms with Crippen LogP contribution in [0.3, 0.4) is 0 Å². The molecular formula is C18H17F3N2O. The predicted octanol–water partition coefficient (Wildman–Crippen LogP) is 2.98. The van der Waals surface area contributed by atoms with Crippen LogP contribution in [-0.4, -0.2) is 25.2 Å². The van der Waals surface area contributed by atoms with Crippen LogP contribution in [0.15, 0.2) is 48.5 Å². The number of benzene rings is 2. The number of rotatable bonds is 4. The van der Waals surface area contributed by atoms with Gasteiger partial charge < -0.3 is 11.1 Å². The van der Waals surface area contributed by atoms with Crippen molar-refractivity contribution >= 4 is 5.91 Å². The Hall–Kier alpha value is -2.34. The molecule has 0 aromatic heterocycles. The van der Waals surface area contributed by atoms with E-state index in [4.69, 9.17) is 5.73 Å². The minimum absolute atomic E-state index is 0.183. The number of halogens is 3. The summed E-state index contributed by atoms with van der Waals surface area (Å²) < 4.78 is 37.7. The number of hydrogen-bond acceptors (Lipinski definition) is 2. The highest BCUT2D eigenvalue weighted by atomic mass is 19.4. The molecule has 0 radical (unpaired) electrons. The molecule has 1 aliphatic rings. The van der Waals surface area contributed by atoms with Crippen LogP contribution in [0.5, 0.6) is 0 Å². The fourth-order valence-electron chi connectivity index (χ4n) is 3.50. The molecule has 0 saturated heterocycles. The van der Waals surface area contributed by atoms with Gasteiger partial charge in [0.05, 0.1) is 0 Å². The molecule has 2 aromatic rings. The van der Waals surface area contributed by atoms with Crippen LogP contribution in [0.25, 0.3) is 11.1 Å². The van der Waals surface area contributed by atoms with Crippen molar-refractivity contribution in [1.82, 2.24) is 5.32 Å². The molecule has 3 N–H and O–H groups in total. The van der Waals surface area contributed by atoms with Gasteiger partial charge in [-0.05, 0) is 35.2 Å². The van der Waals surface area contributed by atoms with Crippen molar-refractivity contribution < 1.29 is 18.0 Å². The molecule has 0 unspecified atom stereocenters. The first-order valence-corrected chi connectivity index (χ1v) is 7.64. The van der Waals surface area contributed by atoms with Crippen LogP contribution < -0.4 is 11.1 Å². The second kappa shape index (κ2) is 5.94. The van der Waals surface area contributed by atoms with Gasteiger partial charge >= 0.3 is 6.18 Å². The van der Waals surface area contributed by atoms with E-state index in [-0.39, 0.29) is 13.0 Å². The van der Waals surface area contributed by atoms with Crippen molar-refractivity contribution in [1.29, 1.82) is 0 Å². The van der Waals surface area contributed by atoms with Crippen molar-refractivity contribution in [3.05, 3.63) is 59.7 Å². The standard InChI is InChI=1S/C18H17F3N2O/c19-18(20,21)11-23-16(24)17(9-10-22)14-7-3-1-5-12(14)13-6-2-4-8-15(13)17/h1-8H,9-11,22H2,(H,23,24). The van der Waals surface area contributed by atoms with Crippen molar-refractivity contribution in [2.45, 2.75) is 18.0 Å². The van der Waals surface area contributed by atoms with Gasteiger partial charge in [0, 0.05) is 0 Å². The summed E-state index contributed by atoms with van der Waals surface area (Å²) in [5.41, 5.74) is 7.68. The lowest BCUT2D eigenvalue weighted by Gasteiger charge is -2.30. The normalized spacial score (nSPS) is 14.8. The Balaban J connectivity index is 2.14. The van der Waals surface area contributed by atoms with Crippen molar-refractivity contribution in [2.75, 3.05) is 13.1 Å². The maximum atomic E-state index is 12.9. The van der Waals surface area contributed by atoms with E-state index in [0.29, 0.717) is 11.1 Å². The number of fused-ring (bicyclic) bond motifs is 3. The number of amides is 1. The molecule has 126 valence electrons. The van der Waals surface area contributed by atoms with Crippen molar-refractivity contribution in [3.8, 4) is 11.1 Å². The fourth-order valence-corrected chi connectivity index (χ4v) is 3.50. The van der Waals surface area contributed by atoms with Crippen LogP contribution in [0.4, 0.5) is 13.2 Å². The average Bonchev–Trinajstić information content (AvgIpc) is 2.84. The first-order chi connectivity index (χ1) is 11.4. The Kier molecular flexibility index (Phi) is 4.09. The smallest absolute Gasteiger partial charge is 0.346 e. The minimum atomic E-state index is -4.46. The van der Waals surface area contributed by atoms with E-state index in [9.17, 15) is 18.0 Å². The summed E-state index contributed by atoms with van der Waals surface area (Å²) in [6.45, 7) is -1.18. The molecule has 0 aliphatic heterocycles. The van der Waals surface area contributed by atoms with E-state index < -0.39 is 24.0 Å². The Bertz CT molecular complexity index is 725. The highest BCUT2D eigenvalue weighted by molar-refractivity contribution is 6.00. The van der Waals surface area contributed by atoms with E-state index in [0.717, 1.165) is 11.1 Å². The highest BCUT2D eigenvalue weighted by Crippen LogP contribution is 2.50. The molecule has 1 aliphatic carbocycles. The first kappa shape index (κ1) is 16.5. The lowest BCUT2D eigenvalue weighted by atomic mass is 9.74. The minimum Gasteiger partial charge on any atom is -0.346 e. The summed E-state index contributed by atoms with van der Waals surface area (Å²) in [5.74, 6) is -0.664. The summed E-state index contributed by atoms with van der Waals surface area (Å²) in [6.07, 6.45) is -4.22. The maximum Gasteiger partial charge on any atom is 0.405 e. The molecule has 6 heteroatoms. The third-order valence-corrected chi connectivity index (χ3v) is 4.42. The molecule has 0 fully saturated rings. The summed E-state index contributed by atoms with van der Waals surface area (Å²) in [7, 11) is 0. The van der Waals surface area contributed by atoms with E-state index >= 15 is 0 Å². The van der Waals surface area contributed by atoms with E-state index in [2.05, 4.69) is 5.32 Å². The van der Waals surface area contributed by atoms with Crippen LogP contribution in [-0.2, 0) is 10.2 Å². The molecule has 2 aromatic carbocycles. The SMILES string of the molecule is NCCC1(C(=O)NCC(F)(F)F)c2ccccc2-c2ccccc21. The van der Waals surface area contributed by atoms with Crippen LogP contribution in [0.2, 0.25) is 0 Å². The Labute approximate surface area is 137 Å². The highest BCUT2D eigenvalue weighted by Gasteiger charge is 2.48. The van der Waals surface area contributed by atoms with Crippen LogP contribution >= 0.6 is 0 Å². The molecule has 0 spiro atoms. The number of nitrogens with two attached hydrogens (primary N) is 1. The Morgan fingerprint density at radius 3 is 1.96 bits per heavy atom. The number of carbonyl (C=O) groups excluding carboxylic acids is 1. The number of nitrogens with one attached hydrogen (secondary N) is 1. The molecule has 1 amide bonds. The quantitative estimate of drug-likeness (QED) is 0.903. The maximum absolute atomic E-state index is 12.9. The van der Waals surface area contributed by atoms with Gasteiger partial charge in [-0.3, -0.25) is 4.79 Å². The lowest BCUT2D eigenvalue weighted by Crippen LogP contribution is -2.48. The average molecular weight is 334 g/mol. The largest absolute Gasteiger partial charge is 0.405 e. The topological polar surface area (TPSA) is 55.1 Å². The molecule has 24 heavy (non-hydrogen) atoms. The van der Waals surface area contributed by atoms with E-state index in [1.807, 2.05) is 24.3 Å². The molecule has 0 heterocycles. The van der Waals surface area contributed by atoms with Gasteiger partial charge in [-0.1, -0.05) is 48.5 Å². The van der Waals surface area contributed by atoms with E-state index in [1.165, 1.54) is 0 Å². The van der Waals surface area contributed by atoms with Crippen molar-refractivity contribution in [3.63, 3.8) is 0 Å². The molecule has 0 atom stereocenters. The molecule has 0 bridgehead atoms. The second-order valence-electron chi connectivity index (χ2n) is 5.83. The van der Waals surface area contributed by atoms with Crippen LogP contribution in [0, 0.1) is 0 Å². The van der Waals surface area contributed by atoms with E-state index in [1.54, 1.807) is 24.3 Å². The second-order valence-corrected chi connectivity index (χ2v) is 5.83. The third kappa shape index (κ3) is 2.57. The molecule has 3 rings (SSSR count). The zero-order chi connectivity index (χ0) is 17.4. The van der Waals surface area contributed by atoms with Gasteiger partial charge in [0.2, 0.25) is 5.91 Å².